The average Bonchev–Trinajstić information content (AvgIpc) is 3.27. The van der Waals surface area contributed by atoms with Crippen molar-refractivity contribution in [2.45, 2.75) is 52.2 Å². The Balaban J connectivity index is 1.22. The van der Waals surface area contributed by atoms with Crippen LogP contribution in [0, 0.1) is 0 Å². The van der Waals surface area contributed by atoms with Crippen molar-refractivity contribution >= 4 is 28.1 Å². The molecule has 0 atom stereocenters. The van der Waals surface area contributed by atoms with E-state index in [1.807, 2.05) is 12.1 Å². The summed E-state index contributed by atoms with van der Waals surface area (Å²) < 4.78 is 5.97. The lowest BCUT2D eigenvalue weighted by Crippen LogP contribution is -2.22. The van der Waals surface area contributed by atoms with Crippen LogP contribution in [0.4, 0.5) is 11.4 Å². The first-order valence-electron chi connectivity index (χ1n) is 12.3. The van der Waals surface area contributed by atoms with Gasteiger partial charge in [-0.05, 0) is 75.0 Å². The van der Waals surface area contributed by atoms with Gasteiger partial charge < -0.3 is 15.8 Å². The van der Waals surface area contributed by atoms with Crippen molar-refractivity contribution in [3.8, 4) is 0 Å². The fourth-order valence-corrected chi connectivity index (χ4v) is 4.78. The third kappa shape index (κ3) is 5.23. The number of benzene rings is 4. The van der Waals surface area contributed by atoms with E-state index in [9.17, 15) is 0 Å². The van der Waals surface area contributed by atoms with E-state index in [0.717, 1.165) is 29.8 Å². The van der Waals surface area contributed by atoms with Gasteiger partial charge in [0.05, 0.1) is 18.9 Å². The Labute approximate surface area is 207 Å². The van der Waals surface area contributed by atoms with E-state index in [0.29, 0.717) is 19.2 Å². The summed E-state index contributed by atoms with van der Waals surface area (Å²) in [7, 11) is 0. The molecule has 178 valence electrons. The predicted octanol–water partition coefficient (Wildman–Crippen LogP) is 7.01. The lowest BCUT2D eigenvalue weighted by molar-refractivity contribution is 0.107. The van der Waals surface area contributed by atoms with E-state index in [1.165, 1.54) is 33.0 Å². The topological polar surface area (TPSA) is 59.6 Å². The zero-order valence-electron chi connectivity index (χ0n) is 20.8. The van der Waals surface area contributed by atoms with E-state index >= 15 is 0 Å². The molecule has 0 heterocycles. The zero-order chi connectivity index (χ0) is 24.4. The van der Waals surface area contributed by atoms with E-state index in [4.69, 9.17) is 15.5 Å². The number of aryl methyl sites for hydroxylation is 2. The summed E-state index contributed by atoms with van der Waals surface area (Å²) in [5, 5.41) is 5.87. The number of nitrogens with two attached hydrogens (primary N) is 1. The molecule has 0 saturated heterocycles. The third-order valence-corrected chi connectivity index (χ3v) is 6.66. The number of anilines is 1. The Hall–Kier alpha value is -3.63. The quantitative estimate of drug-likeness (QED) is 0.239. The molecule has 4 aromatic carbocycles. The van der Waals surface area contributed by atoms with Gasteiger partial charge in [-0.15, -0.1) is 0 Å². The molecule has 0 fully saturated rings. The van der Waals surface area contributed by atoms with Gasteiger partial charge in [-0.2, -0.15) is 0 Å². The zero-order valence-corrected chi connectivity index (χ0v) is 20.8. The molecule has 4 heteroatoms. The average molecular weight is 464 g/mol. The Morgan fingerprint density at radius 3 is 2.46 bits per heavy atom. The molecule has 1 aliphatic rings. The van der Waals surface area contributed by atoms with Gasteiger partial charge in [0, 0.05) is 5.69 Å². The van der Waals surface area contributed by atoms with Gasteiger partial charge in [-0.25, -0.2) is 4.99 Å². The van der Waals surface area contributed by atoms with Crippen LogP contribution in [0.2, 0.25) is 0 Å². The van der Waals surface area contributed by atoms with Crippen molar-refractivity contribution in [2.24, 2.45) is 10.7 Å². The second kappa shape index (κ2) is 9.55. The molecule has 0 bridgehead atoms. The van der Waals surface area contributed by atoms with E-state index < -0.39 is 0 Å². The van der Waals surface area contributed by atoms with Gasteiger partial charge in [0.15, 0.2) is 5.96 Å². The summed E-state index contributed by atoms with van der Waals surface area (Å²) in [5.41, 5.74) is 14.6. The van der Waals surface area contributed by atoms with Crippen molar-refractivity contribution < 1.29 is 4.74 Å². The Morgan fingerprint density at radius 2 is 1.66 bits per heavy atom. The number of rotatable bonds is 6. The monoisotopic (exact) mass is 463 g/mol. The Kier molecular flexibility index (Phi) is 6.31. The first kappa shape index (κ1) is 23.1. The van der Waals surface area contributed by atoms with E-state index in [2.05, 4.69) is 92.8 Å². The fraction of sp³-hybridized carbons (Fsp3) is 0.258. The molecule has 4 aromatic rings. The van der Waals surface area contributed by atoms with Crippen molar-refractivity contribution in [1.82, 2.24) is 0 Å². The van der Waals surface area contributed by atoms with Gasteiger partial charge in [-0.1, -0.05) is 81.4 Å². The van der Waals surface area contributed by atoms with Gasteiger partial charge in [0.25, 0.3) is 0 Å². The lowest BCUT2D eigenvalue weighted by Gasteiger charge is -2.19. The number of nitrogens with zero attached hydrogens (tertiary/aromatic N) is 1. The molecule has 4 nitrogen and oxygen atoms in total. The summed E-state index contributed by atoms with van der Waals surface area (Å²) >= 11 is 0. The van der Waals surface area contributed by atoms with E-state index in [-0.39, 0.29) is 5.41 Å². The fourth-order valence-electron chi connectivity index (χ4n) is 4.78. The minimum atomic E-state index is 0.160. The largest absolute Gasteiger partial charge is 0.372 e. The van der Waals surface area contributed by atoms with Gasteiger partial charge in [0.2, 0.25) is 0 Å². The smallest absolute Gasteiger partial charge is 0.198 e. The summed E-state index contributed by atoms with van der Waals surface area (Å²) in [6, 6.07) is 27.5. The van der Waals surface area contributed by atoms with Crippen LogP contribution in [0.25, 0.3) is 10.8 Å². The number of nitrogens with one attached hydrogen (secondary N) is 1. The molecular weight excluding hydrogens is 430 g/mol. The molecule has 0 amide bonds. The summed E-state index contributed by atoms with van der Waals surface area (Å²) in [5.74, 6) is 0.391. The highest BCUT2D eigenvalue weighted by Gasteiger charge is 2.17. The molecular formula is C31H33N3O. The van der Waals surface area contributed by atoms with Crippen LogP contribution in [-0.4, -0.2) is 5.96 Å². The van der Waals surface area contributed by atoms with Gasteiger partial charge in [-0.3, -0.25) is 0 Å². The molecule has 5 rings (SSSR count). The maximum absolute atomic E-state index is 6.30. The highest BCUT2D eigenvalue weighted by Crippen LogP contribution is 2.36. The van der Waals surface area contributed by atoms with Crippen LogP contribution in [0.15, 0.2) is 83.9 Å². The molecule has 35 heavy (non-hydrogen) atoms. The SMILES string of the molecule is CC(C)(C)c1ccc(COCc2cccc(NC(N)=Nc3ccc4cccc5c4c3CC5)c2)cc1. The van der Waals surface area contributed by atoms with Crippen molar-refractivity contribution in [3.05, 3.63) is 107 Å². The number of ether oxygens (including phenoxy) is 1. The minimum Gasteiger partial charge on any atom is -0.372 e. The molecule has 0 aromatic heterocycles. The second-order valence-corrected chi connectivity index (χ2v) is 10.3. The second-order valence-electron chi connectivity index (χ2n) is 10.3. The predicted molar refractivity (Wildman–Crippen MR) is 146 cm³/mol. The van der Waals surface area contributed by atoms with Crippen LogP contribution in [0.1, 0.15) is 48.6 Å². The van der Waals surface area contributed by atoms with Crippen LogP contribution in [0.3, 0.4) is 0 Å². The molecule has 0 saturated carbocycles. The van der Waals surface area contributed by atoms with Crippen LogP contribution < -0.4 is 11.1 Å². The van der Waals surface area contributed by atoms with Crippen LogP contribution in [-0.2, 0) is 36.2 Å². The summed E-state index contributed by atoms with van der Waals surface area (Å²) in [4.78, 5) is 4.72. The summed E-state index contributed by atoms with van der Waals surface area (Å²) in [6.07, 6.45) is 2.07. The van der Waals surface area contributed by atoms with Gasteiger partial charge in [0.1, 0.15) is 0 Å². The van der Waals surface area contributed by atoms with Crippen LogP contribution >= 0.6 is 0 Å². The first-order valence-corrected chi connectivity index (χ1v) is 12.3. The van der Waals surface area contributed by atoms with Crippen LogP contribution in [0.5, 0.6) is 0 Å². The highest BCUT2D eigenvalue weighted by atomic mass is 16.5. The standard InChI is InChI=1S/C31H33N3O/c1-31(2,3)25-14-10-21(11-15-25)19-35-20-22-6-4-9-26(18-22)33-30(32)34-28-17-13-24-8-5-7-23-12-16-27(28)29(23)24/h4-11,13-15,17-18H,12,16,19-20H2,1-3H3,(H3,32,33,34). The molecule has 0 unspecified atom stereocenters. The lowest BCUT2D eigenvalue weighted by atomic mass is 9.87. The molecule has 0 radical (unpaired) electrons. The number of aliphatic imine (C=N–C) groups is 1. The Morgan fingerprint density at radius 1 is 0.886 bits per heavy atom. The number of hydrogen-bond donors (Lipinski definition) is 2. The first-order chi connectivity index (χ1) is 16.9. The van der Waals surface area contributed by atoms with Crippen molar-refractivity contribution in [3.63, 3.8) is 0 Å². The number of guanidine groups is 1. The van der Waals surface area contributed by atoms with Crippen molar-refractivity contribution in [1.29, 1.82) is 0 Å². The summed E-state index contributed by atoms with van der Waals surface area (Å²) in [6.45, 7) is 7.79. The van der Waals surface area contributed by atoms with E-state index in [1.54, 1.807) is 0 Å². The highest BCUT2D eigenvalue weighted by molar-refractivity contribution is 5.98. The number of hydrogen-bond acceptors (Lipinski definition) is 2. The minimum absolute atomic E-state index is 0.160. The van der Waals surface area contributed by atoms with Crippen molar-refractivity contribution in [2.75, 3.05) is 5.32 Å². The molecule has 3 N–H and O–H groups in total. The molecule has 0 spiro atoms. The van der Waals surface area contributed by atoms with Gasteiger partial charge >= 0.3 is 0 Å². The maximum atomic E-state index is 6.30. The maximum Gasteiger partial charge on any atom is 0.198 e. The normalized spacial score (nSPS) is 13.4. The third-order valence-electron chi connectivity index (χ3n) is 6.66. The Bertz CT molecular complexity index is 1380. The molecule has 1 aliphatic carbocycles. The molecule has 0 aliphatic heterocycles.